The number of aromatic nitrogens is 3. The predicted molar refractivity (Wildman–Crippen MR) is 146 cm³/mol. The zero-order valence-corrected chi connectivity index (χ0v) is 21.6. The van der Waals surface area contributed by atoms with E-state index >= 15 is 0 Å². The number of pyridine rings is 1. The van der Waals surface area contributed by atoms with Gasteiger partial charge in [-0.25, -0.2) is 4.98 Å². The molecule has 2 aliphatic heterocycles. The highest BCUT2D eigenvalue weighted by Gasteiger charge is 2.47. The number of para-hydroxylation sites is 1. The van der Waals surface area contributed by atoms with Crippen LogP contribution in [0.5, 0.6) is 0 Å². The van der Waals surface area contributed by atoms with Crippen LogP contribution >= 0.6 is 0 Å². The van der Waals surface area contributed by atoms with Gasteiger partial charge in [0.25, 0.3) is 5.91 Å². The molecule has 7 nitrogen and oxygen atoms in total. The number of hydrogen-bond donors (Lipinski definition) is 1. The van der Waals surface area contributed by atoms with Crippen molar-refractivity contribution in [3.8, 4) is 11.3 Å². The van der Waals surface area contributed by atoms with Gasteiger partial charge in [-0.15, -0.1) is 0 Å². The number of likely N-dealkylation sites (tertiary alicyclic amines) is 1. The van der Waals surface area contributed by atoms with Gasteiger partial charge in [-0.05, 0) is 68.6 Å². The van der Waals surface area contributed by atoms with Crippen molar-refractivity contribution in [3.05, 3.63) is 77.6 Å². The summed E-state index contributed by atoms with van der Waals surface area (Å²) in [5.41, 5.74) is 6.49. The molecule has 7 heteroatoms. The fraction of sp³-hybridized carbons (Fsp3) is 0.367. The molecule has 4 heterocycles. The van der Waals surface area contributed by atoms with Crippen LogP contribution in [0.2, 0.25) is 0 Å². The van der Waals surface area contributed by atoms with E-state index in [4.69, 9.17) is 4.98 Å². The molecule has 2 aromatic carbocycles. The van der Waals surface area contributed by atoms with Crippen LogP contribution in [0.1, 0.15) is 40.7 Å². The highest BCUT2D eigenvalue weighted by atomic mass is 16.1. The summed E-state index contributed by atoms with van der Waals surface area (Å²) in [6, 6.07) is 17.9. The summed E-state index contributed by atoms with van der Waals surface area (Å²) in [4.78, 5) is 23.7. The lowest BCUT2D eigenvalue weighted by Gasteiger charge is -2.34. The van der Waals surface area contributed by atoms with Crippen molar-refractivity contribution in [1.29, 1.82) is 0 Å². The predicted octanol–water partition coefficient (Wildman–Crippen LogP) is 4.26. The van der Waals surface area contributed by atoms with Crippen molar-refractivity contribution in [2.75, 3.05) is 25.0 Å². The summed E-state index contributed by atoms with van der Waals surface area (Å²) in [6.45, 7) is 4.16. The van der Waals surface area contributed by atoms with Gasteiger partial charge in [-0.2, -0.15) is 5.10 Å². The zero-order valence-electron chi connectivity index (χ0n) is 21.6. The Hall–Kier alpha value is -3.71. The Morgan fingerprint density at radius 3 is 2.59 bits per heavy atom. The molecule has 1 N–H and O–H groups in total. The number of nitrogens with one attached hydrogen (secondary N) is 1. The Morgan fingerprint density at radius 2 is 1.89 bits per heavy atom. The molecule has 3 aliphatic rings. The van der Waals surface area contributed by atoms with Gasteiger partial charge in [-0.3, -0.25) is 14.4 Å². The summed E-state index contributed by atoms with van der Waals surface area (Å²) >= 11 is 0. The standard InChI is InChI=1S/C30H32N6O/c1-19-8-9-21(36-18-22-12-23(36)17-34(22)2)13-25(19)29(37)33-30(10-11-30)26-14-28(20-15-31-35(3)16-20)32-27-7-5-4-6-24(26)27/h4-9,13-16,22-23H,10-12,17-18H2,1-3H3,(H,33,37). The van der Waals surface area contributed by atoms with E-state index in [2.05, 4.69) is 57.6 Å². The van der Waals surface area contributed by atoms with Crippen LogP contribution in [0.3, 0.4) is 0 Å². The summed E-state index contributed by atoms with van der Waals surface area (Å²) in [6.07, 6.45) is 6.87. The van der Waals surface area contributed by atoms with Crippen molar-refractivity contribution in [2.45, 2.75) is 43.8 Å². The third-order valence-electron chi connectivity index (χ3n) is 8.65. The van der Waals surface area contributed by atoms with Crippen LogP contribution in [0, 0.1) is 6.92 Å². The van der Waals surface area contributed by atoms with Crippen LogP contribution in [-0.4, -0.2) is 57.8 Å². The molecular weight excluding hydrogens is 460 g/mol. The van der Waals surface area contributed by atoms with Gasteiger partial charge in [0.2, 0.25) is 0 Å². The normalized spacial score (nSPS) is 22.1. The van der Waals surface area contributed by atoms with E-state index < -0.39 is 0 Å². The monoisotopic (exact) mass is 492 g/mol. The van der Waals surface area contributed by atoms with Gasteiger partial charge in [0.1, 0.15) is 0 Å². The lowest BCUT2D eigenvalue weighted by atomic mass is 9.96. The molecule has 3 fully saturated rings. The SMILES string of the molecule is Cc1ccc(N2CC3CC2CN3C)cc1C(=O)NC1(c2cc(-c3cnn(C)c3)nc3ccccc23)CC1. The fourth-order valence-corrected chi connectivity index (χ4v) is 6.36. The molecule has 0 radical (unpaired) electrons. The molecule has 2 unspecified atom stereocenters. The second-order valence-electron chi connectivity index (χ2n) is 11.1. The number of fused-ring (bicyclic) bond motifs is 3. The van der Waals surface area contributed by atoms with Crippen molar-refractivity contribution in [1.82, 2.24) is 25.0 Å². The number of benzene rings is 2. The molecule has 1 amide bonds. The maximum atomic E-state index is 13.8. The second-order valence-corrected chi connectivity index (χ2v) is 11.1. The van der Waals surface area contributed by atoms with Gasteiger partial charge in [0.15, 0.2) is 0 Å². The minimum absolute atomic E-state index is 0.00199. The number of nitrogens with zero attached hydrogens (tertiary/aromatic N) is 5. The Bertz CT molecular complexity index is 1530. The Labute approximate surface area is 217 Å². The topological polar surface area (TPSA) is 66.3 Å². The van der Waals surface area contributed by atoms with Crippen molar-refractivity contribution < 1.29 is 4.79 Å². The molecule has 37 heavy (non-hydrogen) atoms. The second kappa shape index (κ2) is 8.15. The molecule has 2 saturated heterocycles. The Kier molecular flexibility index (Phi) is 4.95. The number of carbonyl (C=O) groups excluding carboxylic acids is 1. The lowest BCUT2D eigenvalue weighted by Crippen LogP contribution is -2.44. The first-order valence-electron chi connectivity index (χ1n) is 13.2. The van der Waals surface area contributed by atoms with Crippen LogP contribution < -0.4 is 10.2 Å². The van der Waals surface area contributed by atoms with Crippen molar-refractivity contribution >= 4 is 22.5 Å². The third kappa shape index (κ3) is 3.72. The number of amides is 1. The first-order valence-corrected chi connectivity index (χ1v) is 13.2. The van der Waals surface area contributed by atoms with Gasteiger partial charge in [0, 0.05) is 60.6 Å². The van der Waals surface area contributed by atoms with Gasteiger partial charge in [0.05, 0.1) is 22.9 Å². The largest absolute Gasteiger partial charge is 0.366 e. The van der Waals surface area contributed by atoms with Gasteiger partial charge >= 0.3 is 0 Å². The van der Waals surface area contributed by atoms with Crippen molar-refractivity contribution in [3.63, 3.8) is 0 Å². The maximum Gasteiger partial charge on any atom is 0.252 e. The number of hydrogen-bond acceptors (Lipinski definition) is 5. The average Bonchev–Trinajstić information content (AvgIpc) is 3.19. The van der Waals surface area contributed by atoms with E-state index in [0.29, 0.717) is 12.1 Å². The van der Waals surface area contributed by atoms with Crippen molar-refractivity contribution in [2.24, 2.45) is 7.05 Å². The number of aryl methyl sites for hydroxylation is 2. The molecule has 188 valence electrons. The smallest absolute Gasteiger partial charge is 0.252 e. The molecule has 4 aromatic rings. The number of likely N-dealkylation sites (N-methyl/N-ethyl adjacent to an activating group) is 1. The Balaban J connectivity index is 1.22. The fourth-order valence-electron chi connectivity index (χ4n) is 6.36. The average molecular weight is 493 g/mol. The van der Waals surface area contributed by atoms with Crippen LogP contribution in [0.4, 0.5) is 5.69 Å². The van der Waals surface area contributed by atoms with E-state index in [0.717, 1.165) is 70.5 Å². The number of piperazine rings is 1. The number of carbonyl (C=O) groups is 1. The minimum Gasteiger partial charge on any atom is -0.366 e. The van der Waals surface area contributed by atoms with E-state index in [1.807, 2.05) is 44.6 Å². The van der Waals surface area contributed by atoms with Gasteiger partial charge in [-0.1, -0.05) is 24.3 Å². The van der Waals surface area contributed by atoms with Crippen LogP contribution in [-0.2, 0) is 12.6 Å². The minimum atomic E-state index is -0.381. The summed E-state index contributed by atoms with van der Waals surface area (Å²) in [5, 5.41) is 8.89. The molecule has 2 bridgehead atoms. The zero-order chi connectivity index (χ0) is 25.3. The first kappa shape index (κ1) is 22.5. The first-order chi connectivity index (χ1) is 17.9. The molecule has 1 aliphatic carbocycles. The third-order valence-corrected chi connectivity index (χ3v) is 8.65. The quantitative estimate of drug-likeness (QED) is 0.451. The van der Waals surface area contributed by atoms with E-state index in [9.17, 15) is 4.79 Å². The highest BCUT2D eigenvalue weighted by molar-refractivity contribution is 5.98. The van der Waals surface area contributed by atoms with Crippen LogP contribution in [0.25, 0.3) is 22.2 Å². The summed E-state index contributed by atoms with van der Waals surface area (Å²) in [7, 11) is 4.13. The molecule has 2 aromatic heterocycles. The molecular formula is C30H32N6O. The maximum absolute atomic E-state index is 13.8. The Morgan fingerprint density at radius 1 is 1.05 bits per heavy atom. The molecule has 2 atom stereocenters. The molecule has 1 saturated carbocycles. The molecule has 7 rings (SSSR count). The van der Waals surface area contributed by atoms with E-state index in [1.165, 1.54) is 6.42 Å². The highest BCUT2D eigenvalue weighted by Crippen LogP contribution is 2.49. The molecule has 0 spiro atoms. The lowest BCUT2D eigenvalue weighted by molar-refractivity contribution is 0.0930. The summed E-state index contributed by atoms with van der Waals surface area (Å²) in [5.74, 6) is 0.00199. The number of anilines is 1. The number of rotatable bonds is 5. The van der Waals surface area contributed by atoms with Gasteiger partial charge < -0.3 is 10.2 Å². The van der Waals surface area contributed by atoms with E-state index in [-0.39, 0.29) is 11.4 Å². The summed E-state index contributed by atoms with van der Waals surface area (Å²) < 4.78 is 1.79. The van der Waals surface area contributed by atoms with E-state index in [1.54, 1.807) is 4.68 Å². The van der Waals surface area contributed by atoms with Crippen LogP contribution in [0.15, 0.2) is 60.9 Å².